The van der Waals surface area contributed by atoms with Crippen LogP contribution in [0.4, 0.5) is 4.39 Å². The van der Waals surface area contributed by atoms with E-state index in [0.717, 1.165) is 16.9 Å². The Morgan fingerprint density at radius 1 is 1.25 bits per heavy atom. The van der Waals surface area contributed by atoms with Crippen molar-refractivity contribution in [3.8, 4) is 16.3 Å². The molecule has 0 spiro atoms. The summed E-state index contributed by atoms with van der Waals surface area (Å²) in [5, 5.41) is 9.74. The third-order valence-corrected chi connectivity index (χ3v) is 4.62. The van der Waals surface area contributed by atoms with Gasteiger partial charge in [-0.2, -0.15) is 0 Å². The lowest BCUT2D eigenvalue weighted by molar-refractivity contribution is 0.0701. The van der Waals surface area contributed by atoms with E-state index in [1.54, 1.807) is 43.3 Å². The third kappa shape index (κ3) is 3.44. The molecule has 0 atom stereocenters. The minimum atomic E-state index is -0.983. The molecule has 122 valence electrons. The van der Waals surface area contributed by atoms with Crippen LogP contribution in [0.3, 0.4) is 0 Å². The molecule has 1 aromatic heterocycles. The van der Waals surface area contributed by atoms with Crippen LogP contribution in [0.1, 0.15) is 20.9 Å². The fraction of sp³-hybridized carbons (Fsp3) is 0.111. The van der Waals surface area contributed by atoms with Crippen molar-refractivity contribution in [2.75, 3.05) is 0 Å². The minimum absolute atomic E-state index is 0.118. The zero-order valence-electron chi connectivity index (χ0n) is 12.8. The molecule has 0 amide bonds. The van der Waals surface area contributed by atoms with Gasteiger partial charge in [-0.3, -0.25) is 0 Å². The maximum atomic E-state index is 13.6. The number of aromatic carboxylic acids is 1. The van der Waals surface area contributed by atoms with Crippen LogP contribution in [0.5, 0.6) is 5.75 Å². The number of hydrogen-bond donors (Lipinski definition) is 1. The van der Waals surface area contributed by atoms with Crippen LogP contribution in [0.2, 0.25) is 0 Å². The Kier molecular flexibility index (Phi) is 4.57. The number of aromatic nitrogens is 1. The molecule has 0 aliphatic heterocycles. The van der Waals surface area contributed by atoms with Gasteiger partial charge in [-0.15, -0.1) is 11.3 Å². The Morgan fingerprint density at radius 2 is 2.04 bits per heavy atom. The van der Waals surface area contributed by atoms with Gasteiger partial charge in [0.2, 0.25) is 0 Å². The van der Waals surface area contributed by atoms with Crippen LogP contribution in [-0.2, 0) is 6.61 Å². The molecular weight excluding hydrogens is 329 g/mol. The number of halogens is 1. The summed E-state index contributed by atoms with van der Waals surface area (Å²) in [6, 6.07) is 13.6. The summed E-state index contributed by atoms with van der Waals surface area (Å²) in [4.78, 5) is 15.7. The van der Waals surface area contributed by atoms with E-state index >= 15 is 0 Å². The van der Waals surface area contributed by atoms with Gasteiger partial charge >= 0.3 is 5.97 Å². The van der Waals surface area contributed by atoms with Gasteiger partial charge < -0.3 is 9.84 Å². The second-order valence-corrected chi connectivity index (χ2v) is 6.15. The summed E-state index contributed by atoms with van der Waals surface area (Å²) in [6.07, 6.45) is 0. The van der Waals surface area contributed by atoms with Crippen molar-refractivity contribution < 1.29 is 19.0 Å². The molecule has 0 radical (unpaired) electrons. The fourth-order valence-electron chi connectivity index (χ4n) is 2.21. The van der Waals surface area contributed by atoms with Crippen molar-refractivity contribution >= 4 is 17.3 Å². The third-order valence-electron chi connectivity index (χ3n) is 3.42. The van der Waals surface area contributed by atoms with Crippen molar-refractivity contribution in [2.24, 2.45) is 0 Å². The van der Waals surface area contributed by atoms with Gasteiger partial charge in [0.05, 0.1) is 5.69 Å². The summed E-state index contributed by atoms with van der Waals surface area (Å²) in [5.41, 5.74) is 1.72. The van der Waals surface area contributed by atoms with Gasteiger partial charge in [-0.05, 0) is 25.1 Å². The lowest BCUT2D eigenvalue weighted by Gasteiger charge is -2.08. The number of hydrogen-bond acceptors (Lipinski definition) is 4. The molecule has 0 saturated heterocycles. The van der Waals surface area contributed by atoms with Crippen LogP contribution in [0.15, 0.2) is 48.5 Å². The number of aryl methyl sites for hydroxylation is 1. The SMILES string of the molecule is Cc1nc(-c2cccc(OCc3ccccc3F)c2)sc1C(=O)O. The highest BCUT2D eigenvalue weighted by Crippen LogP contribution is 2.30. The van der Waals surface area contributed by atoms with Gasteiger partial charge in [0, 0.05) is 11.1 Å². The number of carboxylic acids is 1. The molecule has 1 N–H and O–H groups in total. The highest BCUT2D eigenvalue weighted by atomic mass is 32.1. The number of carbonyl (C=O) groups is 1. The molecule has 3 rings (SSSR count). The van der Waals surface area contributed by atoms with Crippen molar-refractivity contribution in [1.29, 1.82) is 0 Å². The molecule has 24 heavy (non-hydrogen) atoms. The van der Waals surface area contributed by atoms with Gasteiger partial charge in [-0.25, -0.2) is 14.2 Å². The molecule has 0 unspecified atom stereocenters. The Bertz CT molecular complexity index is 891. The highest BCUT2D eigenvalue weighted by Gasteiger charge is 2.15. The Hall–Kier alpha value is -2.73. The molecule has 1 heterocycles. The summed E-state index contributed by atoms with van der Waals surface area (Å²) in [5.74, 6) is -0.723. The van der Waals surface area contributed by atoms with E-state index in [1.165, 1.54) is 6.07 Å². The smallest absolute Gasteiger partial charge is 0.347 e. The molecule has 6 heteroatoms. The molecule has 0 aliphatic carbocycles. The monoisotopic (exact) mass is 343 g/mol. The van der Waals surface area contributed by atoms with E-state index in [1.807, 2.05) is 6.07 Å². The standard InChI is InChI=1S/C18H14FNO3S/c1-11-16(18(21)22)24-17(20-11)12-6-4-7-14(9-12)23-10-13-5-2-3-8-15(13)19/h2-9H,10H2,1H3,(H,21,22). The lowest BCUT2D eigenvalue weighted by atomic mass is 10.2. The van der Waals surface area contributed by atoms with Crippen LogP contribution in [-0.4, -0.2) is 16.1 Å². The quantitative estimate of drug-likeness (QED) is 0.739. The molecule has 2 aromatic carbocycles. The van der Waals surface area contributed by atoms with E-state index in [2.05, 4.69) is 4.98 Å². The second kappa shape index (κ2) is 6.80. The lowest BCUT2D eigenvalue weighted by Crippen LogP contribution is -1.98. The summed E-state index contributed by atoms with van der Waals surface area (Å²) >= 11 is 1.12. The van der Waals surface area contributed by atoms with E-state index in [-0.39, 0.29) is 17.3 Å². The molecule has 0 bridgehead atoms. The molecular formula is C18H14FNO3S. The predicted molar refractivity (Wildman–Crippen MR) is 90.0 cm³/mol. The molecule has 4 nitrogen and oxygen atoms in total. The maximum Gasteiger partial charge on any atom is 0.347 e. The van der Waals surface area contributed by atoms with Gasteiger partial charge in [0.15, 0.2) is 0 Å². The number of nitrogens with zero attached hydrogens (tertiary/aromatic N) is 1. The van der Waals surface area contributed by atoms with Gasteiger partial charge in [0.25, 0.3) is 0 Å². The Labute approximate surface area is 142 Å². The van der Waals surface area contributed by atoms with Crippen LogP contribution < -0.4 is 4.74 Å². The molecule has 0 fully saturated rings. The zero-order chi connectivity index (χ0) is 17.1. The predicted octanol–water partition coefficient (Wildman–Crippen LogP) is 4.53. The number of thiazole rings is 1. The van der Waals surface area contributed by atoms with Crippen molar-refractivity contribution in [1.82, 2.24) is 4.98 Å². The molecule has 3 aromatic rings. The van der Waals surface area contributed by atoms with Crippen LogP contribution in [0, 0.1) is 12.7 Å². The van der Waals surface area contributed by atoms with Crippen molar-refractivity contribution in [3.63, 3.8) is 0 Å². The first kappa shape index (κ1) is 16.1. The zero-order valence-corrected chi connectivity index (χ0v) is 13.6. The van der Waals surface area contributed by atoms with Crippen LogP contribution >= 0.6 is 11.3 Å². The normalized spacial score (nSPS) is 10.6. The number of carboxylic acid groups (broad SMARTS) is 1. The Morgan fingerprint density at radius 3 is 2.75 bits per heavy atom. The molecule has 0 saturated carbocycles. The summed E-state index contributed by atoms with van der Waals surface area (Å²) in [6.45, 7) is 1.79. The van der Waals surface area contributed by atoms with Crippen molar-refractivity contribution in [2.45, 2.75) is 13.5 Å². The van der Waals surface area contributed by atoms with E-state index in [9.17, 15) is 9.18 Å². The van der Waals surface area contributed by atoms with E-state index in [4.69, 9.17) is 9.84 Å². The Balaban J connectivity index is 1.81. The fourth-order valence-corrected chi connectivity index (χ4v) is 3.12. The first-order chi connectivity index (χ1) is 11.5. The minimum Gasteiger partial charge on any atom is -0.489 e. The first-order valence-electron chi connectivity index (χ1n) is 7.22. The average molecular weight is 343 g/mol. The number of ether oxygens (including phenoxy) is 1. The summed E-state index contributed by atoms with van der Waals surface area (Å²) in [7, 11) is 0. The summed E-state index contributed by atoms with van der Waals surface area (Å²) < 4.78 is 19.3. The van der Waals surface area contributed by atoms with Gasteiger partial charge in [-0.1, -0.05) is 30.3 Å². The van der Waals surface area contributed by atoms with Crippen LogP contribution in [0.25, 0.3) is 10.6 Å². The van der Waals surface area contributed by atoms with Gasteiger partial charge in [0.1, 0.15) is 28.1 Å². The van der Waals surface area contributed by atoms with E-state index in [0.29, 0.717) is 22.0 Å². The second-order valence-electron chi connectivity index (χ2n) is 5.15. The molecule has 0 aliphatic rings. The number of benzene rings is 2. The largest absolute Gasteiger partial charge is 0.489 e. The average Bonchev–Trinajstić information content (AvgIpc) is 2.97. The maximum absolute atomic E-state index is 13.6. The van der Waals surface area contributed by atoms with Crippen molar-refractivity contribution in [3.05, 3.63) is 70.5 Å². The van der Waals surface area contributed by atoms with E-state index < -0.39 is 5.97 Å². The highest BCUT2D eigenvalue weighted by molar-refractivity contribution is 7.17. The number of rotatable bonds is 5. The first-order valence-corrected chi connectivity index (χ1v) is 8.03. The topological polar surface area (TPSA) is 59.4 Å².